The van der Waals surface area contributed by atoms with Gasteiger partial charge < -0.3 is 0 Å². The van der Waals surface area contributed by atoms with Crippen LogP contribution in [-0.4, -0.2) is 18.1 Å². The topological polar surface area (TPSA) is 29.5 Å². The molecule has 1 aliphatic carbocycles. The van der Waals surface area contributed by atoms with E-state index < -0.39 is 0 Å². The number of carbonyl (C=O) groups excluding carboxylic acids is 1. The van der Waals surface area contributed by atoms with Crippen LogP contribution in [0, 0.1) is 6.92 Å². The van der Waals surface area contributed by atoms with Crippen LogP contribution in [-0.2, 0) is 10.4 Å². The molecule has 1 heterocycles. The number of aryl methyl sites for hydroxylation is 1. The van der Waals surface area contributed by atoms with Gasteiger partial charge in [-0.2, -0.15) is 0 Å². The van der Waals surface area contributed by atoms with Gasteiger partial charge in [-0.1, -0.05) is 43.4 Å². The monoisotopic (exact) mass is 259 g/mol. The molecule has 1 amide bonds. The zero-order valence-corrected chi connectivity index (χ0v) is 11.7. The van der Waals surface area contributed by atoms with Gasteiger partial charge in [-0.3, -0.25) is 9.63 Å². The van der Waals surface area contributed by atoms with Crippen molar-refractivity contribution in [2.75, 3.05) is 7.11 Å². The molecule has 3 heteroatoms. The van der Waals surface area contributed by atoms with Gasteiger partial charge in [0.1, 0.15) is 0 Å². The van der Waals surface area contributed by atoms with E-state index in [1.54, 1.807) is 12.2 Å². The first-order valence-electron chi connectivity index (χ1n) is 7.19. The molecular weight excluding hydrogens is 238 g/mol. The van der Waals surface area contributed by atoms with Crippen LogP contribution in [0.1, 0.15) is 60.0 Å². The molecular formula is C16H21NO2. The average Bonchev–Trinajstić information content (AvgIpc) is 2.59. The average molecular weight is 259 g/mol. The molecule has 19 heavy (non-hydrogen) atoms. The highest BCUT2D eigenvalue weighted by atomic mass is 16.7. The predicted octanol–water partition coefficient (Wildman–Crippen LogP) is 3.56. The Hall–Kier alpha value is -1.35. The Morgan fingerprint density at radius 1 is 1.16 bits per heavy atom. The standard InChI is InChI=1S/C16H21NO2/c1-12-7-8-13-14(11-12)16(17(19-2)15(13)18)9-5-3-4-6-10-16/h7-8,11H,3-6,9-10H2,1-2H3. The Kier molecular flexibility index (Phi) is 3.09. The van der Waals surface area contributed by atoms with Crippen LogP contribution in [0.4, 0.5) is 0 Å². The summed E-state index contributed by atoms with van der Waals surface area (Å²) >= 11 is 0. The molecule has 1 aromatic rings. The van der Waals surface area contributed by atoms with E-state index in [4.69, 9.17) is 4.84 Å². The van der Waals surface area contributed by atoms with Gasteiger partial charge >= 0.3 is 0 Å². The second-order valence-electron chi connectivity index (χ2n) is 5.78. The van der Waals surface area contributed by atoms with Gasteiger partial charge in [-0.05, 0) is 31.4 Å². The second kappa shape index (κ2) is 4.64. The summed E-state index contributed by atoms with van der Waals surface area (Å²) in [4.78, 5) is 18.0. The molecule has 0 saturated heterocycles. The summed E-state index contributed by atoms with van der Waals surface area (Å²) in [6.07, 6.45) is 6.89. The zero-order chi connectivity index (χ0) is 13.5. The Morgan fingerprint density at radius 2 is 1.84 bits per heavy atom. The fraction of sp³-hybridized carbons (Fsp3) is 0.562. The van der Waals surface area contributed by atoms with Crippen molar-refractivity contribution < 1.29 is 9.63 Å². The molecule has 102 valence electrons. The first-order chi connectivity index (χ1) is 9.19. The first-order valence-corrected chi connectivity index (χ1v) is 7.19. The van der Waals surface area contributed by atoms with Gasteiger partial charge in [0, 0.05) is 5.56 Å². The number of hydrogen-bond acceptors (Lipinski definition) is 2. The van der Waals surface area contributed by atoms with Crippen LogP contribution in [0.2, 0.25) is 0 Å². The van der Waals surface area contributed by atoms with Crippen molar-refractivity contribution in [1.29, 1.82) is 0 Å². The summed E-state index contributed by atoms with van der Waals surface area (Å²) in [5, 5.41) is 1.64. The zero-order valence-electron chi connectivity index (χ0n) is 11.7. The maximum Gasteiger partial charge on any atom is 0.278 e. The summed E-state index contributed by atoms with van der Waals surface area (Å²) in [5.41, 5.74) is 3.01. The summed E-state index contributed by atoms with van der Waals surface area (Å²) in [5.74, 6) is 0.0272. The number of benzene rings is 1. The van der Waals surface area contributed by atoms with Crippen molar-refractivity contribution >= 4 is 5.91 Å². The fourth-order valence-corrected chi connectivity index (χ4v) is 3.69. The molecule has 0 unspecified atom stereocenters. The Labute approximate surface area is 114 Å². The first kappa shape index (κ1) is 12.7. The van der Waals surface area contributed by atoms with Crippen molar-refractivity contribution in [2.24, 2.45) is 0 Å². The molecule has 3 rings (SSSR count). The molecule has 0 aromatic heterocycles. The molecule has 3 nitrogen and oxygen atoms in total. The Morgan fingerprint density at radius 3 is 2.47 bits per heavy atom. The van der Waals surface area contributed by atoms with Gasteiger partial charge in [-0.15, -0.1) is 0 Å². The molecule has 1 aliphatic heterocycles. The predicted molar refractivity (Wildman–Crippen MR) is 73.7 cm³/mol. The molecule has 0 bridgehead atoms. The summed E-state index contributed by atoms with van der Waals surface area (Å²) in [6.45, 7) is 2.09. The lowest BCUT2D eigenvalue weighted by Gasteiger charge is -2.36. The Bertz CT molecular complexity index is 501. The minimum absolute atomic E-state index is 0.0272. The summed E-state index contributed by atoms with van der Waals surface area (Å²) in [6, 6.07) is 6.15. The minimum Gasteiger partial charge on any atom is -0.273 e. The van der Waals surface area contributed by atoms with Gasteiger partial charge in [0.2, 0.25) is 0 Å². The number of hydroxylamine groups is 2. The second-order valence-corrected chi connectivity index (χ2v) is 5.78. The van der Waals surface area contributed by atoms with E-state index in [2.05, 4.69) is 13.0 Å². The third-order valence-electron chi connectivity index (χ3n) is 4.59. The maximum atomic E-state index is 12.5. The van der Waals surface area contributed by atoms with Gasteiger partial charge in [0.25, 0.3) is 5.91 Å². The highest BCUT2D eigenvalue weighted by Crippen LogP contribution is 2.48. The van der Waals surface area contributed by atoms with E-state index in [1.165, 1.54) is 36.8 Å². The van der Waals surface area contributed by atoms with Crippen molar-refractivity contribution in [3.63, 3.8) is 0 Å². The van der Waals surface area contributed by atoms with E-state index >= 15 is 0 Å². The van der Waals surface area contributed by atoms with Crippen LogP contribution >= 0.6 is 0 Å². The molecule has 1 spiro atoms. The number of fused-ring (bicyclic) bond motifs is 2. The largest absolute Gasteiger partial charge is 0.278 e. The number of carbonyl (C=O) groups is 1. The lowest BCUT2D eigenvalue weighted by atomic mass is 9.83. The fourth-order valence-electron chi connectivity index (χ4n) is 3.69. The highest BCUT2D eigenvalue weighted by molar-refractivity contribution is 5.99. The van der Waals surface area contributed by atoms with E-state index in [-0.39, 0.29) is 11.4 Å². The van der Waals surface area contributed by atoms with Crippen LogP contribution in [0.15, 0.2) is 18.2 Å². The lowest BCUT2D eigenvalue weighted by Crippen LogP contribution is -2.42. The van der Waals surface area contributed by atoms with E-state index in [1.807, 2.05) is 12.1 Å². The third kappa shape index (κ3) is 1.79. The highest BCUT2D eigenvalue weighted by Gasteiger charge is 2.50. The SMILES string of the molecule is CON1C(=O)c2ccc(C)cc2C12CCCCCC2. The molecule has 2 aliphatic rings. The molecule has 1 aromatic carbocycles. The smallest absolute Gasteiger partial charge is 0.273 e. The van der Waals surface area contributed by atoms with Crippen LogP contribution in [0.3, 0.4) is 0 Å². The van der Waals surface area contributed by atoms with E-state index in [0.29, 0.717) is 0 Å². The molecule has 1 fully saturated rings. The lowest BCUT2D eigenvalue weighted by molar-refractivity contribution is -0.164. The van der Waals surface area contributed by atoms with E-state index in [9.17, 15) is 4.79 Å². The van der Waals surface area contributed by atoms with Crippen molar-refractivity contribution in [1.82, 2.24) is 5.06 Å². The normalized spacial score (nSPS) is 21.6. The molecule has 0 atom stereocenters. The van der Waals surface area contributed by atoms with Crippen LogP contribution < -0.4 is 0 Å². The van der Waals surface area contributed by atoms with Gasteiger partial charge in [0.05, 0.1) is 12.6 Å². The van der Waals surface area contributed by atoms with E-state index in [0.717, 1.165) is 18.4 Å². The number of amides is 1. The van der Waals surface area contributed by atoms with Crippen molar-refractivity contribution in [2.45, 2.75) is 51.0 Å². The minimum atomic E-state index is -0.219. The summed E-state index contributed by atoms with van der Waals surface area (Å²) < 4.78 is 0. The van der Waals surface area contributed by atoms with Gasteiger partial charge in [-0.25, -0.2) is 5.06 Å². The maximum absolute atomic E-state index is 12.5. The number of hydrogen-bond donors (Lipinski definition) is 0. The number of nitrogens with zero attached hydrogens (tertiary/aromatic N) is 1. The van der Waals surface area contributed by atoms with Crippen molar-refractivity contribution in [3.05, 3.63) is 34.9 Å². The van der Waals surface area contributed by atoms with Crippen LogP contribution in [0.25, 0.3) is 0 Å². The molecule has 0 N–H and O–H groups in total. The van der Waals surface area contributed by atoms with Gasteiger partial charge in [0.15, 0.2) is 0 Å². The number of rotatable bonds is 1. The van der Waals surface area contributed by atoms with Crippen LogP contribution in [0.5, 0.6) is 0 Å². The van der Waals surface area contributed by atoms with Crippen molar-refractivity contribution in [3.8, 4) is 0 Å². The quantitative estimate of drug-likeness (QED) is 0.771. The molecule has 1 saturated carbocycles. The summed E-state index contributed by atoms with van der Waals surface area (Å²) in [7, 11) is 1.61. The third-order valence-corrected chi connectivity index (χ3v) is 4.59. The molecule has 0 radical (unpaired) electrons. The Balaban J connectivity index is 2.15.